The van der Waals surface area contributed by atoms with Crippen molar-refractivity contribution >= 4 is 10.9 Å². The molecule has 3 aromatic rings. The molecular weight excluding hydrogens is 238 g/mol. The van der Waals surface area contributed by atoms with Crippen LogP contribution in [0.2, 0.25) is 0 Å². The van der Waals surface area contributed by atoms with Gasteiger partial charge in [0.2, 0.25) is 5.89 Å². The molecule has 0 saturated heterocycles. The summed E-state index contributed by atoms with van der Waals surface area (Å²) in [7, 11) is 0. The van der Waals surface area contributed by atoms with E-state index in [1.807, 2.05) is 13.1 Å². The molecule has 2 heterocycles. The fraction of sp³-hybridized carbons (Fsp3) is 0.267. The molecule has 0 fully saturated rings. The first-order chi connectivity index (χ1) is 9.22. The summed E-state index contributed by atoms with van der Waals surface area (Å²) in [5.74, 6) is 1.58. The Morgan fingerprint density at radius 2 is 2.26 bits per heavy atom. The number of rotatable bonds is 4. The third kappa shape index (κ3) is 2.53. The highest BCUT2D eigenvalue weighted by Gasteiger charge is 2.10. The molecule has 3 rings (SSSR count). The van der Waals surface area contributed by atoms with Gasteiger partial charge in [0, 0.05) is 18.3 Å². The van der Waals surface area contributed by atoms with Gasteiger partial charge >= 0.3 is 0 Å². The molecule has 4 heteroatoms. The van der Waals surface area contributed by atoms with E-state index in [2.05, 4.69) is 46.5 Å². The van der Waals surface area contributed by atoms with Gasteiger partial charge in [0.25, 0.3) is 0 Å². The van der Waals surface area contributed by atoms with Crippen LogP contribution >= 0.6 is 0 Å². The standard InChI is InChI=1S/C15H17N3O/c1-10-8-18-15(19-10)11(2)17-9-12-3-4-14-13(7-12)5-6-16-14/h3-8,11,16-17H,9H2,1-2H3. The second-order valence-electron chi connectivity index (χ2n) is 4.81. The van der Waals surface area contributed by atoms with Crippen molar-refractivity contribution < 1.29 is 4.42 Å². The molecular formula is C15H17N3O. The number of fused-ring (bicyclic) bond motifs is 1. The number of nitrogens with zero attached hydrogens (tertiary/aromatic N) is 1. The molecule has 2 aromatic heterocycles. The predicted octanol–water partition coefficient (Wildman–Crippen LogP) is 3.32. The van der Waals surface area contributed by atoms with Crippen molar-refractivity contribution in [1.29, 1.82) is 0 Å². The van der Waals surface area contributed by atoms with Gasteiger partial charge in [0.15, 0.2) is 0 Å². The lowest BCUT2D eigenvalue weighted by molar-refractivity contribution is 0.402. The monoisotopic (exact) mass is 255 g/mol. The Balaban J connectivity index is 1.68. The molecule has 0 saturated carbocycles. The number of aryl methyl sites for hydroxylation is 1. The van der Waals surface area contributed by atoms with Crippen molar-refractivity contribution in [3.05, 3.63) is 53.9 Å². The third-order valence-corrected chi connectivity index (χ3v) is 3.24. The molecule has 2 N–H and O–H groups in total. The van der Waals surface area contributed by atoms with E-state index >= 15 is 0 Å². The normalized spacial score (nSPS) is 12.9. The van der Waals surface area contributed by atoms with Gasteiger partial charge in [0.1, 0.15) is 5.76 Å². The minimum absolute atomic E-state index is 0.107. The molecule has 0 aliphatic rings. The Morgan fingerprint density at radius 3 is 3.05 bits per heavy atom. The third-order valence-electron chi connectivity index (χ3n) is 3.24. The number of oxazole rings is 1. The van der Waals surface area contributed by atoms with Gasteiger partial charge in [0.05, 0.1) is 12.2 Å². The van der Waals surface area contributed by atoms with Gasteiger partial charge in [-0.3, -0.25) is 0 Å². The summed E-state index contributed by atoms with van der Waals surface area (Å²) in [5, 5.41) is 4.65. The number of nitrogens with one attached hydrogen (secondary N) is 2. The summed E-state index contributed by atoms with van der Waals surface area (Å²) in [6, 6.07) is 8.60. The van der Waals surface area contributed by atoms with Gasteiger partial charge in [-0.05, 0) is 43.0 Å². The molecule has 1 unspecified atom stereocenters. The Kier molecular flexibility index (Phi) is 3.09. The number of hydrogen-bond acceptors (Lipinski definition) is 3. The quantitative estimate of drug-likeness (QED) is 0.752. The maximum Gasteiger partial charge on any atom is 0.211 e. The number of aromatic nitrogens is 2. The summed E-state index contributed by atoms with van der Waals surface area (Å²) in [6.45, 7) is 4.76. The molecule has 1 aromatic carbocycles. The highest BCUT2D eigenvalue weighted by molar-refractivity contribution is 5.79. The SMILES string of the molecule is Cc1cnc(C(C)NCc2ccc3[nH]ccc3c2)o1. The highest BCUT2D eigenvalue weighted by Crippen LogP contribution is 2.16. The van der Waals surface area contributed by atoms with Crippen molar-refractivity contribution in [3.63, 3.8) is 0 Å². The smallest absolute Gasteiger partial charge is 0.211 e. The van der Waals surface area contributed by atoms with Gasteiger partial charge in [-0.25, -0.2) is 4.98 Å². The van der Waals surface area contributed by atoms with E-state index in [0.717, 1.165) is 18.2 Å². The lowest BCUT2D eigenvalue weighted by atomic mass is 10.1. The fourth-order valence-corrected chi connectivity index (χ4v) is 2.14. The average molecular weight is 255 g/mol. The molecule has 0 amide bonds. The zero-order valence-corrected chi connectivity index (χ0v) is 11.1. The van der Waals surface area contributed by atoms with Gasteiger partial charge < -0.3 is 14.7 Å². The van der Waals surface area contributed by atoms with E-state index in [1.54, 1.807) is 6.20 Å². The first kappa shape index (κ1) is 12.0. The minimum atomic E-state index is 0.107. The van der Waals surface area contributed by atoms with E-state index in [-0.39, 0.29) is 6.04 Å². The number of aromatic amines is 1. The Bertz CT molecular complexity index is 683. The molecule has 0 spiro atoms. The van der Waals surface area contributed by atoms with Crippen LogP contribution in [-0.4, -0.2) is 9.97 Å². The molecule has 0 radical (unpaired) electrons. The van der Waals surface area contributed by atoms with Crippen molar-refractivity contribution in [3.8, 4) is 0 Å². The lowest BCUT2D eigenvalue weighted by Gasteiger charge is -2.10. The molecule has 19 heavy (non-hydrogen) atoms. The second kappa shape index (κ2) is 4.90. The van der Waals surface area contributed by atoms with Crippen molar-refractivity contribution in [2.45, 2.75) is 26.4 Å². The van der Waals surface area contributed by atoms with E-state index < -0.39 is 0 Å². The molecule has 4 nitrogen and oxygen atoms in total. The molecule has 0 bridgehead atoms. The summed E-state index contributed by atoms with van der Waals surface area (Å²) in [5.41, 5.74) is 2.42. The summed E-state index contributed by atoms with van der Waals surface area (Å²) in [4.78, 5) is 7.43. The van der Waals surface area contributed by atoms with Gasteiger partial charge in [-0.2, -0.15) is 0 Å². The second-order valence-corrected chi connectivity index (χ2v) is 4.81. The van der Waals surface area contributed by atoms with E-state index in [1.165, 1.54) is 16.5 Å². The van der Waals surface area contributed by atoms with Crippen LogP contribution in [-0.2, 0) is 6.54 Å². The Morgan fingerprint density at radius 1 is 1.37 bits per heavy atom. The Hall–Kier alpha value is -2.07. The zero-order valence-electron chi connectivity index (χ0n) is 11.1. The van der Waals surface area contributed by atoms with Crippen LogP contribution in [0.4, 0.5) is 0 Å². The lowest BCUT2D eigenvalue weighted by Crippen LogP contribution is -2.18. The van der Waals surface area contributed by atoms with Crippen LogP contribution in [0.1, 0.15) is 30.2 Å². The number of H-pyrrole nitrogens is 1. The average Bonchev–Trinajstić information content (AvgIpc) is 3.03. The molecule has 1 atom stereocenters. The summed E-state index contributed by atoms with van der Waals surface area (Å²) in [6.07, 6.45) is 3.71. The van der Waals surface area contributed by atoms with E-state index in [4.69, 9.17) is 4.42 Å². The Labute approximate surface area is 111 Å². The van der Waals surface area contributed by atoms with Crippen LogP contribution in [0.5, 0.6) is 0 Å². The largest absolute Gasteiger partial charge is 0.444 e. The highest BCUT2D eigenvalue weighted by atomic mass is 16.4. The van der Waals surface area contributed by atoms with Gasteiger partial charge in [-0.15, -0.1) is 0 Å². The topological polar surface area (TPSA) is 53.9 Å². The molecule has 0 aliphatic heterocycles. The van der Waals surface area contributed by atoms with Crippen LogP contribution < -0.4 is 5.32 Å². The zero-order chi connectivity index (χ0) is 13.2. The number of benzene rings is 1. The summed E-state index contributed by atoms with van der Waals surface area (Å²) < 4.78 is 5.51. The van der Waals surface area contributed by atoms with E-state index in [0.29, 0.717) is 0 Å². The van der Waals surface area contributed by atoms with Crippen LogP contribution in [0.15, 0.2) is 41.1 Å². The first-order valence-electron chi connectivity index (χ1n) is 6.44. The number of hydrogen-bond donors (Lipinski definition) is 2. The van der Waals surface area contributed by atoms with Crippen LogP contribution in [0.25, 0.3) is 10.9 Å². The van der Waals surface area contributed by atoms with Crippen molar-refractivity contribution in [2.75, 3.05) is 0 Å². The first-order valence-corrected chi connectivity index (χ1v) is 6.44. The van der Waals surface area contributed by atoms with Gasteiger partial charge in [-0.1, -0.05) is 6.07 Å². The maximum atomic E-state index is 5.51. The van der Waals surface area contributed by atoms with Crippen LogP contribution in [0.3, 0.4) is 0 Å². The predicted molar refractivity (Wildman–Crippen MR) is 74.8 cm³/mol. The van der Waals surface area contributed by atoms with E-state index in [9.17, 15) is 0 Å². The molecule has 98 valence electrons. The fourth-order valence-electron chi connectivity index (χ4n) is 2.14. The molecule has 0 aliphatic carbocycles. The van der Waals surface area contributed by atoms with Crippen molar-refractivity contribution in [1.82, 2.24) is 15.3 Å². The summed E-state index contributed by atoms with van der Waals surface area (Å²) >= 11 is 0. The van der Waals surface area contributed by atoms with Crippen LogP contribution in [0, 0.1) is 6.92 Å². The maximum absolute atomic E-state index is 5.51. The van der Waals surface area contributed by atoms with Crippen molar-refractivity contribution in [2.24, 2.45) is 0 Å². The minimum Gasteiger partial charge on any atom is -0.444 e.